The van der Waals surface area contributed by atoms with Gasteiger partial charge in [0.25, 0.3) is 5.56 Å². The van der Waals surface area contributed by atoms with Gasteiger partial charge in [-0.3, -0.25) is 9.36 Å². The van der Waals surface area contributed by atoms with Crippen LogP contribution in [0.1, 0.15) is 36.6 Å². The van der Waals surface area contributed by atoms with E-state index in [1.165, 1.54) is 29.2 Å². The number of halogens is 1. The number of aromatic nitrogens is 1. The average molecular weight is 700 g/mol. The molecule has 0 unspecified atom stereocenters. The van der Waals surface area contributed by atoms with Crippen LogP contribution in [0, 0.1) is 0 Å². The normalized spacial score (nSPS) is 14.3. The van der Waals surface area contributed by atoms with E-state index in [1.807, 2.05) is 56.3 Å². The van der Waals surface area contributed by atoms with Crippen LogP contribution in [0.2, 0.25) is 0 Å². The Kier molecular flexibility index (Phi) is 9.37. The number of benzene rings is 4. The number of fused-ring (bicyclic) bond motifs is 2. The minimum Gasteiger partial charge on any atom is -0.490 e. The van der Waals surface area contributed by atoms with Gasteiger partial charge in [-0.15, -0.1) is 0 Å². The summed E-state index contributed by atoms with van der Waals surface area (Å²) in [6, 6.07) is 24.7. The minimum absolute atomic E-state index is 0.231. The second-order valence-electron chi connectivity index (χ2n) is 10.4. The fraction of sp³-hybridized carbons (Fsp3) is 0.194. The fourth-order valence-electron chi connectivity index (χ4n) is 5.47. The van der Waals surface area contributed by atoms with Gasteiger partial charge in [-0.25, -0.2) is 9.79 Å². The predicted molar refractivity (Wildman–Crippen MR) is 182 cm³/mol. The molecule has 1 aromatic heterocycles. The van der Waals surface area contributed by atoms with E-state index in [9.17, 15) is 9.59 Å². The molecule has 234 valence electrons. The summed E-state index contributed by atoms with van der Waals surface area (Å²) in [5.41, 5.74) is 2.38. The molecule has 2 heterocycles. The number of rotatable bonds is 10. The Labute approximate surface area is 278 Å². The molecule has 10 heteroatoms. The number of hydrogen-bond acceptors (Lipinski definition) is 8. The first kappa shape index (κ1) is 31.3. The van der Waals surface area contributed by atoms with Crippen molar-refractivity contribution in [2.75, 3.05) is 20.3 Å². The molecule has 1 atom stereocenters. The molecule has 0 saturated carbocycles. The quantitative estimate of drug-likeness (QED) is 0.159. The molecule has 0 saturated heterocycles. The lowest BCUT2D eigenvalue weighted by Gasteiger charge is -2.23. The Morgan fingerprint density at radius 2 is 1.70 bits per heavy atom. The largest absolute Gasteiger partial charge is 0.490 e. The van der Waals surface area contributed by atoms with E-state index < -0.39 is 12.0 Å². The van der Waals surface area contributed by atoms with Crippen molar-refractivity contribution in [3.05, 3.63) is 131 Å². The third kappa shape index (κ3) is 6.23. The SMILES string of the molecule is CCOc1ccc([C@H]2C(C(=O)OC)=CN=c3s/c(=C\c4cc(Br)ccc4OCc4cccc5ccccc45)c(=O)n32)cc1OCC. The molecule has 46 heavy (non-hydrogen) atoms. The van der Waals surface area contributed by atoms with Crippen molar-refractivity contribution in [3.8, 4) is 17.2 Å². The van der Waals surface area contributed by atoms with Gasteiger partial charge in [0, 0.05) is 16.2 Å². The van der Waals surface area contributed by atoms with Crippen LogP contribution >= 0.6 is 27.3 Å². The molecule has 0 spiro atoms. The van der Waals surface area contributed by atoms with E-state index in [4.69, 9.17) is 18.9 Å². The minimum atomic E-state index is -0.787. The summed E-state index contributed by atoms with van der Waals surface area (Å²) >= 11 is 4.80. The van der Waals surface area contributed by atoms with Crippen LogP contribution in [-0.4, -0.2) is 30.9 Å². The average Bonchev–Trinajstić information content (AvgIpc) is 3.39. The first-order chi connectivity index (χ1) is 22.4. The van der Waals surface area contributed by atoms with Crippen LogP contribution in [0.25, 0.3) is 16.8 Å². The van der Waals surface area contributed by atoms with Crippen molar-refractivity contribution in [2.24, 2.45) is 4.99 Å². The van der Waals surface area contributed by atoms with Crippen molar-refractivity contribution < 1.29 is 23.7 Å². The predicted octanol–water partition coefficient (Wildman–Crippen LogP) is 6.31. The lowest BCUT2D eigenvalue weighted by Crippen LogP contribution is -2.39. The van der Waals surface area contributed by atoms with E-state index in [0.717, 1.165) is 26.4 Å². The highest BCUT2D eigenvalue weighted by molar-refractivity contribution is 9.10. The van der Waals surface area contributed by atoms with Gasteiger partial charge in [0.1, 0.15) is 12.4 Å². The molecule has 0 radical (unpaired) electrons. The monoisotopic (exact) mass is 698 g/mol. The highest BCUT2D eigenvalue weighted by atomic mass is 79.9. The number of carbonyl (C=O) groups excluding carboxylic acids is 1. The summed E-state index contributed by atoms with van der Waals surface area (Å²) in [6.45, 7) is 5.01. The lowest BCUT2D eigenvalue weighted by molar-refractivity contribution is -0.136. The highest BCUT2D eigenvalue weighted by Crippen LogP contribution is 2.35. The second-order valence-corrected chi connectivity index (χ2v) is 12.3. The fourth-order valence-corrected chi connectivity index (χ4v) is 6.81. The summed E-state index contributed by atoms with van der Waals surface area (Å²) in [7, 11) is 1.31. The van der Waals surface area contributed by atoms with Crippen LogP contribution in [-0.2, 0) is 16.1 Å². The number of ether oxygens (including phenoxy) is 4. The Bertz CT molecular complexity index is 2150. The van der Waals surface area contributed by atoms with Gasteiger partial charge in [0.15, 0.2) is 16.3 Å². The van der Waals surface area contributed by atoms with E-state index in [-0.39, 0.29) is 11.1 Å². The topological polar surface area (TPSA) is 88.4 Å². The van der Waals surface area contributed by atoms with Crippen LogP contribution in [0.4, 0.5) is 0 Å². The number of carbonyl (C=O) groups is 1. The van der Waals surface area contributed by atoms with Gasteiger partial charge < -0.3 is 18.9 Å². The maximum Gasteiger partial charge on any atom is 0.337 e. The van der Waals surface area contributed by atoms with E-state index in [2.05, 4.69) is 45.2 Å². The second kappa shape index (κ2) is 13.8. The highest BCUT2D eigenvalue weighted by Gasteiger charge is 2.31. The third-order valence-corrected chi connectivity index (χ3v) is 9.02. The number of esters is 1. The first-order valence-electron chi connectivity index (χ1n) is 14.8. The summed E-state index contributed by atoms with van der Waals surface area (Å²) < 4.78 is 25.8. The molecule has 1 aliphatic heterocycles. The molecular formula is C36H31BrN2O6S. The Morgan fingerprint density at radius 3 is 2.50 bits per heavy atom. The van der Waals surface area contributed by atoms with E-state index >= 15 is 0 Å². The summed E-state index contributed by atoms with van der Waals surface area (Å²) in [5.74, 6) is 1.15. The number of nitrogens with zero attached hydrogens (tertiary/aromatic N) is 2. The molecule has 4 aromatic carbocycles. The molecule has 1 aliphatic rings. The van der Waals surface area contributed by atoms with E-state index in [1.54, 1.807) is 18.2 Å². The molecule has 5 aromatic rings. The Hall–Kier alpha value is -4.67. The molecule has 0 bridgehead atoms. The summed E-state index contributed by atoms with van der Waals surface area (Å²) in [5, 5.41) is 2.27. The zero-order valence-electron chi connectivity index (χ0n) is 25.5. The molecule has 8 nitrogen and oxygen atoms in total. The van der Waals surface area contributed by atoms with Crippen molar-refractivity contribution in [1.29, 1.82) is 0 Å². The molecule has 0 fully saturated rings. The number of methoxy groups -OCH3 is 1. The van der Waals surface area contributed by atoms with Gasteiger partial charge in [0.05, 0.1) is 36.5 Å². The summed E-state index contributed by atoms with van der Waals surface area (Å²) in [4.78, 5) is 32.1. The van der Waals surface area contributed by atoms with Crippen molar-refractivity contribution >= 4 is 50.1 Å². The molecule has 0 aliphatic carbocycles. The zero-order chi connectivity index (χ0) is 32.2. The molecule has 0 N–H and O–H groups in total. The molecular weight excluding hydrogens is 668 g/mol. The van der Waals surface area contributed by atoms with E-state index in [0.29, 0.717) is 52.0 Å². The van der Waals surface area contributed by atoms with Gasteiger partial charge in [0.2, 0.25) is 0 Å². The van der Waals surface area contributed by atoms with Gasteiger partial charge in [-0.05, 0) is 72.2 Å². The van der Waals surface area contributed by atoms with Crippen molar-refractivity contribution in [1.82, 2.24) is 4.57 Å². The van der Waals surface area contributed by atoms with Crippen molar-refractivity contribution in [3.63, 3.8) is 0 Å². The number of thiazole rings is 1. The smallest absolute Gasteiger partial charge is 0.337 e. The first-order valence-corrected chi connectivity index (χ1v) is 16.4. The van der Waals surface area contributed by atoms with Gasteiger partial charge in [-0.2, -0.15) is 0 Å². The van der Waals surface area contributed by atoms with Gasteiger partial charge >= 0.3 is 5.97 Å². The Morgan fingerprint density at radius 1 is 0.935 bits per heavy atom. The molecule has 6 rings (SSSR count). The molecule has 0 amide bonds. The summed E-state index contributed by atoms with van der Waals surface area (Å²) in [6.07, 6.45) is 3.27. The van der Waals surface area contributed by atoms with Gasteiger partial charge in [-0.1, -0.05) is 75.8 Å². The third-order valence-electron chi connectivity index (χ3n) is 7.53. The Balaban J connectivity index is 1.42. The standard InChI is InChI=1S/C36H31BrN2O6S/c1-4-43-30-15-13-23(18-31(30)44-5-2)33-28(35(41)42-3)20-38-36-39(33)34(40)32(46-36)19-25-17-26(37)14-16-29(25)45-21-24-11-8-10-22-9-6-7-12-27(22)24/h6-20,33H,4-5,21H2,1-3H3/b32-19-/t33-/m0/s1. The maximum absolute atomic E-state index is 14.2. The van der Waals surface area contributed by atoms with Crippen LogP contribution in [0.15, 0.2) is 105 Å². The van der Waals surface area contributed by atoms with Crippen LogP contribution in [0.3, 0.4) is 0 Å². The number of hydrogen-bond donors (Lipinski definition) is 0. The lowest BCUT2D eigenvalue weighted by atomic mass is 9.97. The van der Waals surface area contributed by atoms with Crippen LogP contribution in [0.5, 0.6) is 17.2 Å². The van der Waals surface area contributed by atoms with Crippen LogP contribution < -0.4 is 29.1 Å². The maximum atomic E-state index is 14.2. The zero-order valence-corrected chi connectivity index (χ0v) is 27.9. The van der Waals surface area contributed by atoms with Crippen molar-refractivity contribution in [2.45, 2.75) is 26.5 Å².